The molecular weight excluding hydrogens is 294 g/mol. The summed E-state index contributed by atoms with van der Waals surface area (Å²) in [7, 11) is 0. The molecule has 0 saturated carbocycles. The number of benzene rings is 2. The summed E-state index contributed by atoms with van der Waals surface area (Å²) in [6, 6.07) is 18.8. The van der Waals surface area contributed by atoms with Crippen molar-refractivity contribution in [2.75, 3.05) is 0 Å². The van der Waals surface area contributed by atoms with Crippen LogP contribution in [-0.2, 0) is 4.74 Å². The first-order valence-corrected chi connectivity index (χ1v) is 8.66. The van der Waals surface area contributed by atoms with Crippen LogP contribution in [0.25, 0.3) is 0 Å². The van der Waals surface area contributed by atoms with Crippen LogP contribution in [0.15, 0.2) is 59.6 Å². The van der Waals surface area contributed by atoms with Gasteiger partial charge in [0.05, 0.1) is 5.54 Å². The maximum atomic E-state index is 6.32. The summed E-state index contributed by atoms with van der Waals surface area (Å²) in [6.45, 7) is 11.1. The predicted octanol–water partition coefficient (Wildman–Crippen LogP) is 5.77. The molecule has 2 aromatic rings. The molecule has 1 aliphatic rings. The molecule has 0 bridgehead atoms. The molecule has 3 rings (SSSR count). The Morgan fingerprint density at radius 2 is 1.50 bits per heavy atom. The fourth-order valence-electron chi connectivity index (χ4n) is 3.73. The molecule has 2 heteroatoms. The molecule has 0 fully saturated rings. The number of hydrogen-bond acceptors (Lipinski definition) is 2. The van der Waals surface area contributed by atoms with Crippen molar-refractivity contribution in [2.45, 2.75) is 52.7 Å². The normalized spacial score (nSPS) is 19.2. The maximum absolute atomic E-state index is 6.32. The van der Waals surface area contributed by atoms with Gasteiger partial charge in [-0.05, 0) is 37.3 Å². The molecule has 0 spiro atoms. The summed E-state index contributed by atoms with van der Waals surface area (Å²) in [5.74, 6) is 0.772. The van der Waals surface area contributed by atoms with E-state index in [4.69, 9.17) is 9.73 Å². The van der Waals surface area contributed by atoms with Gasteiger partial charge in [-0.1, -0.05) is 69.3 Å². The Morgan fingerprint density at radius 3 is 2.17 bits per heavy atom. The van der Waals surface area contributed by atoms with Crippen LogP contribution >= 0.6 is 0 Å². The van der Waals surface area contributed by atoms with Gasteiger partial charge < -0.3 is 4.74 Å². The van der Waals surface area contributed by atoms with Gasteiger partial charge in [-0.3, -0.25) is 0 Å². The summed E-state index contributed by atoms with van der Waals surface area (Å²) >= 11 is 0. The zero-order valence-electron chi connectivity index (χ0n) is 15.3. The predicted molar refractivity (Wildman–Crippen MR) is 101 cm³/mol. The average molecular weight is 321 g/mol. The Morgan fingerprint density at radius 1 is 0.875 bits per heavy atom. The Labute approximate surface area is 145 Å². The molecular formula is C22H27NO. The van der Waals surface area contributed by atoms with Gasteiger partial charge in [0, 0.05) is 11.1 Å². The van der Waals surface area contributed by atoms with Crippen LogP contribution in [0.5, 0.6) is 0 Å². The summed E-state index contributed by atoms with van der Waals surface area (Å²) in [4.78, 5) is 5.00. The number of aliphatic imine (C=N–C) groups is 1. The van der Waals surface area contributed by atoms with E-state index in [-0.39, 0.29) is 17.1 Å². The molecule has 0 saturated heterocycles. The zero-order valence-corrected chi connectivity index (χ0v) is 15.3. The molecule has 2 aromatic carbocycles. The minimum atomic E-state index is -0.160. The topological polar surface area (TPSA) is 21.6 Å². The molecule has 1 aliphatic heterocycles. The van der Waals surface area contributed by atoms with Crippen LogP contribution in [0.2, 0.25) is 0 Å². The molecule has 126 valence electrons. The van der Waals surface area contributed by atoms with Crippen molar-refractivity contribution in [3.8, 4) is 0 Å². The lowest BCUT2D eigenvalue weighted by Crippen LogP contribution is -2.26. The molecule has 0 aliphatic carbocycles. The molecule has 0 N–H and O–H groups in total. The summed E-state index contributed by atoms with van der Waals surface area (Å²) in [6.07, 6.45) is 0.942. The molecule has 0 radical (unpaired) electrons. The molecule has 1 heterocycles. The Balaban J connectivity index is 1.98. The van der Waals surface area contributed by atoms with E-state index < -0.39 is 0 Å². The molecule has 0 amide bonds. The van der Waals surface area contributed by atoms with Crippen LogP contribution in [0.3, 0.4) is 0 Å². The minimum absolute atomic E-state index is 0.0633. The van der Waals surface area contributed by atoms with E-state index in [2.05, 4.69) is 83.1 Å². The summed E-state index contributed by atoms with van der Waals surface area (Å²) < 4.78 is 6.32. The van der Waals surface area contributed by atoms with Crippen LogP contribution < -0.4 is 0 Å². The lowest BCUT2D eigenvalue weighted by atomic mass is 9.82. The Kier molecular flexibility index (Phi) is 4.25. The van der Waals surface area contributed by atoms with Gasteiger partial charge in [-0.25, -0.2) is 4.99 Å². The SMILES string of the molecule is CC(C)(C)CC(C)(C)N=C1OC(c2ccccc2)c2ccccc21. The van der Waals surface area contributed by atoms with Gasteiger partial charge in [0.15, 0.2) is 6.10 Å². The second-order valence-electron chi connectivity index (χ2n) is 8.46. The highest BCUT2D eigenvalue weighted by Gasteiger charge is 2.33. The highest BCUT2D eigenvalue weighted by molar-refractivity contribution is 5.99. The lowest BCUT2D eigenvalue weighted by molar-refractivity contribution is 0.239. The fourth-order valence-corrected chi connectivity index (χ4v) is 3.73. The van der Waals surface area contributed by atoms with E-state index >= 15 is 0 Å². The molecule has 2 nitrogen and oxygen atoms in total. The summed E-state index contributed by atoms with van der Waals surface area (Å²) in [5.41, 5.74) is 3.56. The van der Waals surface area contributed by atoms with Gasteiger partial charge >= 0.3 is 0 Å². The van der Waals surface area contributed by atoms with Crippen molar-refractivity contribution in [1.82, 2.24) is 0 Å². The molecule has 1 unspecified atom stereocenters. The van der Waals surface area contributed by atoms with Crippen molar-refractivity contribution >= 4 is 5.90 Å². The van der Waals surface area contributed by atoms with E-state index in [0.717, 1.165) is 17.9 Å². The van der Waals surface area contributed by atoms with E-state index in [0.29, 0.717) is 0 Å². The van der Waals surface area contributed by atoms with Gasteiger partial charge in [-0.2, -0.15) is 0 Å². The molecule has 1 atom stereocenters. The largest absolute Gasteiger partial charge is 0.464 e. The highest BCUT2D eigenvalue weighted by atomic mass is 16.5. The van der Waals surface area contributed by atoms with E-state index in [1.807, 2.05) is 6.07 Å². The number of rotatable bonds is 3. The first-order valence-electron chi connectivity index (χ1n) is 8.66. The number of ether oxygens (including phenoxy) is 1. The van der Waals surface area contributed by atoms with Crippen LogP contribution in [0.1, 0.15) is 63.8 Å². The third-order valence-corrected chi connectivity index (χ3v) is 4.17. The van der Waals surface area contributed by atoms with Gasteiger partial charge in [0.1, 0.15) is 0 Å². The smallest absolute Gasteiger partial charge is 0.218 e. The van der Waals surface area contributed by atoms with Crippen molar-refractivity contribution in [3.05, 3.63) is 71.3 Å². The van der Waals surface area contributed by atoms with Crippen LogP contribution in [0.4, 0.5) is 0 Å². The quantitative estimate of drug-likeness (QED) is 0.703. The highest BCUT2D eigenvalue weighted by Crippen LogP contribution is 2.38. The van der Waals surface area contributed by atoms with Crippen molar-refractivity contribution in [2.24, 2.45) is 10.4 Å². The van der Waals surface area contributed by atoms with Gasteiger partial charge in [0.25, 0.3) is 0 Å². The van der Waals surface area contributed by atoms with Crippen molar-refractivity contribution in [3.63, 3.8) is 0 Å². The second-order valence-corrected chi connectivity index (χ2v) is 8.46. The van der Waals surface area contributed by atoms with Crippen molar-refractivity contribution in [1.29, 1.82) is 0 Å². The first-order chi connectivity index (χ1) is 11.3. The second kappa shape index (κ2) is 6.08. The Hall–Kier alpha value is -2.09. The maximum Gasteiger partial charge on any atom is 0.218 e. The zero-order chi connectivity index (χ0) is 17.4. The van der Waals surface area contributed by atoms with E-state index in [1.165, 1.54) is 11.1 Å². The van der Waals surface area contributed by atoms with Gasteiger partial charge in [-0.15, -0.1) is 0 Å². The fraction of sp³-hybridized carbons (Fsp3) is 0.409. The first kappa shape index (κ1) is 16.8. The van der Waals surface area contributed by atoms with E-state index in [1.54, 1.807) is 0 Å². The monoisotopic (exact) mass is 321 g/mol. The number of fused-ring (bicyclic) bond motifs is 1. The minimum Gasteiger partial charge on any atom is -0.464 e. The van der Waals surface area contributed by atoms with Gasteiger partial charge in [0.2, 0.25) is 5.90 Å². The molecule has 24 heavy (non-hydrogen) atoms. The third kappa shape index (κ3) is 3.69. The third-order valence-electron chi connectivity index (χ3n) is 4.17. The van der Waals surface area contributed by atoms with Crippen molar-refractivity contribution < 1.29 is 4.74 Å². The number of hydrogen-bond donors (Lipinski definition) is 0. The van der Waals surface area contributed by atoms with Crippen LogP contribution in [0, 0.1) is 5.41 Å². The number of nitrogens with zero attached hydrogens (tertiary/aromatic N) is 1. The Bertz CT molecular complexity index is 738. The lowest BCUT2D eigenvalue weighted by Gasteiger charge is -2.29. The summed E-state index contributed by atoms with van der Waals surface area (Å²) in [5, 5.41) is 0. The average Bonchev–Trinajstić information content (AvgIpc) is 2.84. The molecule has 0 aromatic heterocycles. The van der Waals surface area contributed by atoms with Crippen LogP contribution in [-0.4, -0.2) is 11.4 Å². The van der Waals surface area contributed by atoms with E-state index in [9.17, 15) is 0 Å². The standard InChI is InChI=1S/C22H27NO/c1-21(2,3)15-22(4,5)23-20-18-14-10-9-13-17(18)19(24-20)16-11-7-6-8-12-16/h6-14,19H,15H2,1-5H3.